The lowest BCUT2D eigenvalue weighted by Gasteiger charge is -2.30. The highest BCUT2D eigenvalue weighted by Gasteiger charge is 2.45. The van der Waals surface area contributed by atoms with Crippen LogP contribution in [0.25, 0.3) is 0 Å². The summed E-state index contributed by atoms with van der Waals surface area (Å²) in [5.74, 6) is -0.972. The number of halogens is 2. The molecule has 204 valence electrons. The van der Waals surface area contributed by atoms with E-state index in [9.17, 15) is 14.4 Å². The molecule has 0 saturated carbocycles. The predicted molar refractivity (Wildman–Crippen MR) is 143 cm³/mol. The molecule has 2 fully saturated rings. The fraction of sp³-hybridized carbons (Fsp3) is 0.462. The number of likely N-dealkylation sites (tertiary alicyclic amines) is 1. The first kappa shape index (κ1) is 27.6. The van der Waals surface area contributed by atoms with Gasteiger partial charge in [0.25, 0.3) is 0 Å². The van der Waals surface area contributed by atoms with Crippen LogP contribution in [0, 0.1) is 5.82 Å². The maximum absolute atomic E-state index is 15.2. The van der Waals surface area contributed by atoms with Crippen molar-refractivity contribution in [2.75, 3.05) is 35.7 Å². The zero-order chi connectivity index (χ0) is 27.8. The summed E-state index contributed by atoms with van der Waals surface area (Å²) in [6.07, 6.45) is 1.27. The molecule has 1 aromatic carbocycles. The summed E-state index contributed by atoms with van der Waals surface area (Å²) in [6, 6.07) is 5.76. The monoisotopic (exact) mass is 546 g/mol. The third-order valence-corrected chi connectivity index (χ3v) is 7.04. The number of rotatable bonds is 6. The van der Waals surface area contributed by atoms with Gasteiger partial charge in [-0.3, -0.25) is 15.0 Å². The average Bonchev–Trinajstić information content (AvgIpc) is 3.40. The lowest BCUT2D eigenvalue weighted by molar-refractivity contribution is -0.119. The van der Waals surface area contributed by atoms with E-state index >= 15 is 4.39 Å². The Hall–Kier alpha value is -3.44. The van der Waals surface area contributed by atoms with Crippen molar-refractivity contribution in [3.63, 3.8) is 0 Å². The molecule has 2 aromatic rings. The predicted octanol–water partition coefficient (Wildman–Crippen LogP) is 4.56. The van der Waals surface area contributed by atoms with Gasteiger partial charge in [-0.1, -0.05) is 11.6 Å². The first-order valence-corrected chi connectivity index (χ1v) is 12.7. The molecule has 12 heteroatoms. The Labute approximate surface area is 226 Å². The number of hydrogen-bond acceptors (Lipinski definition) is 5. The average molecular weight is 547 g/mol. The van der Waals surface area contributed by atoms with E-state index < -0.39 is 29.3 Å². The molecule has 1 aromatic heterocycles. The van der Waals surface area contributed by atoms with E-state index in [1.54, 1.807) is 28.0 Å². The molecule has 0 spiro atoms. The van der Waals surface area contributed by atoms with Gasteiger partial charge < -0.3 is 19.9 Å². The van der Waals surface area contributed by atoms with Crippen molar-refractivity contribution >= 4 is 46.8 Å². The van der Waals surface area contributed by atoms with Crippen LogP contribution in [0.2, 0.25) is 5.02 Å². The van der Waals surface area contributed by atoms with Crippen molar-refractivity contribution in [1.82, 2.24) is 14.8 Å². The number of methoxy groups -OCH3 is 1. The molecule has 3 heterocycles. The standard InChI is InChI=1S/C26H32ClFN6O4/c1-15(2)33-14-26(3,4)34(25(33)37)17-7-8-20(19(28)10-17)30-23(35)21-11-18(38-5)13-32(21)24(36)31-22-9-6-16(27)12-29-22/h6-10,12,15,18,21H,11,13-14H2,1-5H3,(H,30,35)(H,29,31,36)/t18-,21-/m1/s1. The number of carbonyl (C=O) groups excluding carboxylic acids is 3. The Bertz CT molecular complexity index is 1220. The van der Waals surface area contributed by atoms with E-state index in [-0.39, 0.29) is 42.6 Å². The molecular weight excluding hydrogens is 515 g/mol. The Kier molecular flexibility index (Phi) is 7.80. The van der Waals surface area contributed by atoms with Gasteiger partial charge in [-0.15, -0.1) is 0 Å². The zero-order valence-electron chi connectivity index (χ0n) is 22.0. The highest BCUT2D eigenvalue weighted by atomic mass is 35.5. The second-order valence-electron chi connectivity index (χ2n) is 10.4. The molecule has 2 atom stereocenters. The number of pyridine rings is 1. The van der Waals surface area contributed by atoms with Crippen molar-refractivity contribution in [2.24, 2.45) is 0 Å². The van der Waals surface area contributed by atoms with Crippen molar-refractivity contribution in [2.45, 2.75) is 57.8 Å². The van der Waals surface area contributed by atoms with Crippen LogP contribution in [0.4, 0.5) is 31.2 Å². The minimum Gasteiger partial charge on any atom is -0.380 e. The van der Waals surface area contributed by atoms with E-state index in [4.69, 9.17) is 16.3 Å². The maximum atomic E-state index is 15.2. The Balaban J connectivity index is 1.49. The molecule has 0 unspecified atom stereocenters. The van der Waals surface area contributed by atoms with Crippen molar-refractivity contribution in [3.05, 3.63) is 47.4 Å². The van der Waals surface area contributed by atoms with Crippen LogP contribution >= 0.6 is 11.6 Å². The van der Waals surface area contributed by atoms with Crippen LogP contribution in [0.5, 0.6) is 0 Å². The van der Waals surface area contributed by atoms with Gasteiger partial charge in [0.05, 0.1) is 22.4 Å². The summed E-state index contributed by atoms with van der Waals surface area (Å²) in [6.45, 7) is 8.40. The number of ether oxygens (including phenoxy) is 1. The Morgan fingerprint density at radius 1 is 1.21 bits per heavy atom. The van der Waals surface area contributed by atoms with Crippen molar-refractivity contribution < 1.29 is 23.5 Å². The topological polar surface area (TPSA) is 107 Å². The Morgan fingerprint density at radius 2 is 1.95 bits per heavy atom. The number of nitrogens with zero attached hydrogens (tertiary/aromatic N) is 4. The summed E-state index contributed by atoms with van der Waals surface area (Å²) >= 11 is 5.85. The first-order valence-electron chi connectivity index (χ1n) is 12.3. The fourth-order valence-electron chi connectivity index (χ4n) is 4.84. The third-order valence-electron chi connectivity index (χ3n) is 6.81. The number of carbonyl (C=O) groups is 3. The van der Waals surface area contributed by atoms with E-state index in [0.29, 0.717) is 17.3 Å². The number of benzene rings is 1. The molecule has 0 radical (unpaired) electrons. The van der Waals surface area contributed by atoms with Crippen LogP contribution in [-0.4, -0.2) is 76.7 Å². The molecule has 10 nitrogen and oxygen atoms in total. The minimum absolute atomic E-state index is 0.00754. The molecule has 2 saturated heterocycles. The normalized spacial score (nSPS) is 20.8. The highest BCUT2D eigenvalue weighted by Crippen LogP contribution is 2.35. The number of hydrogen-bond donors (Lipinski definition) is 2. The van der Waals surface area contributed by atoms with Crippen LogP contribution in [0.15, 0.2) is 36.5 Å². The smallest absolute Gasteiger partial charge is 0.325 e. The number of amides is 5. The zero-order valence-corrected chi connectivity index (χ0v) is 22.8. The summed E-state index contributed by atoms with van der Waals surface area (Å²) in [5, 5.41) is 5.66. The number of nitrogens with one attached hydrogen (secondary N) is 2. The number of aromatic nitrogens is 1. The number of urea groups is 2. The highest BCUT2D eigenvalue weighted by molar-refractivity contribution is 6.30. The van der Waals surface area contributed by atoms with E-state index in [1.807, 2.05) is 27.7 Å². The van der Waals surface area contributed by atoms with Gasteiger partial charge >= 0.3 is 12.1 Å². The SMILES string of the molecule is CO[C@@H]1C[C@H](C(=O)Nc2ccc(N3C(=O)N(C(C)C)CC3(C)C)cc2F)N(C(=O)Nc2ccc(Cl)cn2)C1. The van der Waals surface area contributed by atoms with E-state index in [2.05, 4.69) is 15.6 Å². The molecule has 5 amide bonds. The Morgan fingerprint density at radius 3 is 2.53 bits per heavy atom. The summed E-state index contributed by atoms with van der Waals surface area (Å²) in [7, 11) is 1.50. The van der Waals surface area contributed by atoms with Gasteiger partial charge in [0.2, 0.25) is 5.91 Å². The van der Waals surface area contributed by atoms with Gasteiger partial charge in [-0.25, -0.2) is 19.0 Å². The van der Waals surface area contributed by atoms with E-state index in [1.165, 1.54) is 30.3 Å². The number of anilines is 3. The van der Waals surface area contributed by atoms with E-state index in [0.717, 1.165) is 0 Å². The summed E-state index contributed by atoms with van der Waals surface area (Å²) in [5.41, 5.74) is -0.190. The van der Waals surface area contributed by atoms with Gasteiger partial charge in [0.1, 0.15) is 17.7 Å². The molecule has 2 N–H and O–H groups in total. The fourth-order valence-corrected chi connectivity index (χ4v) is 4.95. The maximum Gasteiger partial charge on any atom is 0.325 e. The van der Waals surface area contributed by atoms with Gasteiger partial charge in [0, 0.05) is 44.5 Å². The lowest BCUT2D eigenvalue weighted by atomic mass is 10.0. The molecule has 2 aliphatic rings. The summed E-state index contributed by atoms with van der Waals surface area (Å²) < 4.78 is 20.6. The third kappa shape index (κ3) is 5.53. The molecule has 4 rings (SSSR count). The largest absolute Gasteiger partial charge is 0.380 e. The second-order valence-corrected chi connectivity index (χ2v) is 10.8. The second kappa shape index (κ2) is 10.7. The minimum atomic E-state index is -0.898. The van der Waals surface area contributed by atoms with Crippen molar-refractivity contribution in [3.8, 4) is 0 Å². The molecule has 0 bridgehead atoms. The first-order chi connectivity index (χ1) is 17.9. The van der Waals surface area contributed by atoms with Crippen molar-refractivity contribution in [1.29, 1.82) is 0 Å². The lowest BCUT2D eigenvalue weighted by Crippen LogP contribution is -2.45. The van der Waals surface area contributed by atoms with Gasteiger partial charge in [-0.05, 0) is 58.0 Å². The van der Waals surface area contributed by atoms with Crippen LogP contribution in [0.1, 0.15) is 34.1 Å². The molecular formula is C26H32ClFN6O4. The van der Waals surface area contributed by atoms with Crippen LogP contribution in [0.3, 0.4) is 0 Å². The van der Waals surface area contributed by atoms with Crippen LogP contribution in [-0.2, 0) is 9.53 Å². The summed E-state index contributed by atoms with van der Waals surface area (Å²) in [4.78, 5) is 47.8. The molecule has 38 heavy (non-hydrogen) atoms. The molecule has 2 aliphatic heterocycles. The van der Waals surface area contributed by atoms with Gasteiger partial charge in [-0.2, -0.15) is 0 Å². The van der Waals surface area contributed by atoms with Gasteiger partial charge in [0.15, 0.2) is 0 Å². The molecule has 0 aliphatic carbocycles. The van der Waals surface area contributed by atoms with Crippen LogP contribution < -0.4 is 15.5 Å². The quantitative estimate of drug-likeness (QED) is 0.552.